The summed E-state index contributed by atoms with van der Waals surface area (Å²) in [6.07, 6.45) is -0.639. The minimum absolute atomic E-state index is 0.0769. The van der Waals surface area contributed by atoms with E-state index in [9.17, 15) is 27.9 Å². The Labute approximate surface area is 194 Å². The number of aliphatic hydroxyl groups excluding tert-OH is 1. The summed E-state index contributed by atoms with van der Waals surface area (Å²) in [4.78, 5) is 38.3. The van der Waals surface area contributed by atoms with Crippen molar-refractivity contribution in [2.75, 3.05) is 13.1 Å². The van der Waals surface area contributed by atoms with Gasteiger partial charge in [0, 0.05) is 19.0 Å². The van der Waals surface area contributed by atoms with Crippen molar-refractivity contribution in [1.29, 1.82) is 0 Å². The van der Waals surface area contributed by atoms with E-state index in [1.807, 2.05) is 6.92 Å². The molecule has 0 aliphatic carbocycles. The average Bonchev–Trinajstić information content (AvgIpc) is 2.75. The predicted molar refractivity (Wildman–Crippen MR) is 121 cm³/mol. The Kier molecular flexibility index (Phi) is 8.98. The smallest absolute Gasteiger partial charge is 0.328 e. The molecule has 3 atom stereocenters. The van der Waals surface area contributed by atoms with Crippen molar-refractivity contribution in [3.05, 3.63) is 29.8 Å². The van der Waals surface area contributed by atoms with Gasteiger partial charge in [-0.15, -0.1) is 0 Å². The van der Waals surface area contributed by atoms with Gasteiger partial charge in [0.25, 0.3) is 0 Å². The molecule has 1 aromatic rings. The van der Waals surface area contributed by atoms with E-state index in [1.165, 1.54) is 24.0 Å². The number of aliphatic hydroxyl groups is 1. The monoisotopic (exact) mass is 483 g/mol. The molecule has 0 saturated carbocycles. The summed E-state index contributed by atoms with van der Waals surface area (Å²) in [5, 5.41) is 21.0. The quantitative estimate of drug-likeness (QED) is 0.399. The number of carboxylic acids is 1. The zero-order chi connectivity index (χ0) is 24.9. The van der Waals surface area contributed by atoms with Crippen molar-refractivity contribution in [1.82, 2.24) is 14.9 Å². The fraction of sp³-hybridized carbons (Fsp3) is 0.591. The van der Waals surface area contributed by atoms with Crippen LogP contribution in [0.1, 0.15) is 39.2 Å². The number of rotatable bonds is 9. The molecule has 184 valence electrons. The molecule has 0 spiro atoms. The molecule has 2 rings (SSSR count). The molecular formula is C22H33N3O7S. The van der Waals surface area contributed by atoms with Gasteiger partial charge < -0.3 is 20.4 Å². The minimum atomic E-state index is -3.90. The highest BCUT2D eigenvalue weighted by Crippen LogP contribution is 2.21. The van der Waals surface area contributed by atoms with E-state index in [2.05, 4.69) is 10.0 Å². The second-order valence-electron chi connectivity index (χ2n) is 8.82. The third kappa shape index (κ3) is 6.99. The first-order valence-corrected chi connectivity index (χ1v) is 12.4. The summed E-state index contributed by atoms with van der Waals surface area (Å²) in [6, 6.07) is 3.97. The molecule has 1 aliphatic heterocycles. The maximum atomic E-state index is 13.1. The number of amides is 2. The Hall–Kier alpha value is -2.50. The second-order valence-corrected chi connectivity index (χ2v) is 10.5. The number of aryl methyl sites for hydroxylation is 1. The van der Waals surface area contributed by atoms with E-state index in [0.717, 1.165) is 5.56 Å². The molecule has 1 fully saturated rings. The Morgan fingerprint density at radius 2 is 1.58 bits per heavy atom. The summed E-state index contributed by atoms with van der Waals surface area (Å²) in [5.41, 5.74) is 0.917. The van der Waals surface area contributed by atoms with Crippen molar-refractivity contribution in [3.63, 3.8) is 0 Å². The molecule has 1 saturated heterocycles. The lowest BCUT2D eigenvalue weighted by atomic mass is 9.94. The number of sulfonamides is 1. The van der Waals surface area contributed by atoms with Crippen LogP contribution >= 0.6 is 0 Å². The van der Waals surface area contributed by atoms with Gasteiger partial charge in [-0.05, 0) is 44.7 Å². The van der Waals surface area contributed by atoms with Crippen LogP contribution in [-0.2, 0) is 24.4 Å². The van der Waals surface area contributed by atoms with Crippen LogP contribution in [0.5, 0.6) is 0 Å². The zero-order valence-electron chi connectivity index (χ0n) is 19.3. The average molecular weight is 484 g/mol. The van der Waals surface area contributed by atoms with Crippen molar-refractivity contribution >= 4 is 27.8 Å². The number of likely N-dealkylation sites (tertiary alicyclic amines) is 1. The maximum absolute atomic E-state index is 13.1. The van der Waals surface area contributed by atoms with Gasteiger partial charge in [-0.2, -0.15) is 4.72 Å². The number of nitrogens with one attached hydrogen (secondary N) is 2. The molecule has 10 nitrogen and oxygen atoms in total. The lowest BCUT2D eigenvalue weighted by Crippen LogP contribution is -2.54. The molecule has 4 N–H and O–H groups in total. The van der Waals surface area contributed by atoms with Crippen LogP contribution in [0.15, 0.2) is 29.2 Å². The number of benzene rings is 1. The fourth-order valence-corrected chi connectivity index (χ4v) is 4.98. The predicted octanol–water partition coefficient (Wildman–Crippen LogP) is 0.487. The Morgan fingerprint density at radius 3 is 2.03 bits per heavy atom. The van der Waals surface area contributed by atoms with E-state index >= 15 is 0 Å². The molecular weight excluding hydrogens is 450 g/mol. The molecule has 1 aromatic carbocycles. The maximum Gasteiger partial charge on any atom is 0.328 e. The van der Waals surface area contributed by atoms with Crippen LogP contribution in [-0.4, -0.2) is 72.6 Å². The highest BCUT2D eigenvalue weighted by atomic mass is 32.2. The molecule has 1 aliphatic rings. The molecule has 0 unspecified atom stereocenters. The summed E-state index contributed by atoms with van der Waals surface area (Å²) >= 11 is 0. The van der Waals surface area contributed by atoms with E-state index in [0.29, 0.717) is 12.8 Å². The zero-order valence-corrected chi connectivity index (χ0v) is 20.1. The van der Waals surface area contributed by atoms with Crippen molar-refractivity contribution in [3.8, 4) is 0 Å². The number of carboxylic acid groups (broad SMARTS) is 1. The van der Waals surface area contributed by atoms with Gasteiger partial charge in [-0.3, -0.25) is 9.59 Å². The molecule has 0 aromatic heterocycles. The highest BCUT2D eigenvalue weighted by molar-refractivity contribution is 7.89. The molecule has 0 radical (unpaired) electrons. The first kappa shape index (κ1) is 26.7. The third-order valence-corrected chi connectivity index (χ3v) is 7.23. The van der Waals surface area contributed by atoms with Crippen LogP contribution in [0.25, 0.3) is 0 Å². The van der Waals surface area contributed by atoms with Gasteiger partial charge in [-0.1, -0.05) is 31.5 Å². The van der Waals surface area contributed by atoms with Gasteiger partial charge in [0.05, 0.1) is 11.0 Å². The van der Waals surface area contributed by atoms with Crippen LogP contribution in [0.3, 0.4) is 0 Å². The van der Waals surface area contributed by atoms with Gasteiger partial charge in [0.15, 0.2) is 6.04 Å². The number of carbonyl (C=O) groups excluding carboxylic acids is 2. The minimum Gasteiger partial charge on any atom is -0.480 e. The summed E-state index contributed by atoms with van der Waals surface area (Å²) in [5.74, 6) is -2.99. The Balaban J connectivity index is 2.02. The molecule has 11 heteroatoms. The SMILES string of the molecule is Cc1ccc(S(=O)(=O)N[C@H](C(=O)N2CCC(C(=O)N[C@H](C(=O)O)[C@H](C)O)CC2)C(C)C)cc1. The number of aliphatic carboxylic acids is 1. The van der Waals surface area contributed by atoms with E-state index < -0.39 is 46.0 Å². The Morgan fingerprint density at radius 1 is 1.03 bits per heavy atom. The second kappa shape index (κ2) is 11.1. The lowest BCUT2D eigenvalue weighted by molar-refractivity contribution is -0.146. The standard InChI is InChI=1S/C22H33N3O7S/c1-13(2)18(24-33(31,32)17-7-5-14(3)6-8-17)21(28)25-11-9-16(10-12-25)20(27)23-19(15(4)26)22(29)30/h5-8,13,15-16,18-19,24,26H,9-12H2,1-4H3,(H,23,27)(H,29,30)/t15-,18-,19-/m0/s1. The van der Waals surface area contributed by atoms with Crippen molar-refractivity contribution < 1.29 is 33.0 Å². The number of hydrogen-bond acceptors (Lipinski definition) is 6. The first-order chi connectivity index (χ1) is 15.3. The van der Waals surface area contributed by atoms with Gasteiger partial charge in [-0.25, -0.2) is 13.2 Å². The highest BCUT2D eigenvalue weighted by Gasteiger charge is 2.36. The van der Waals surface area contributed by atoms with Crippen molar-refractivity contribution in [2.24, 2.45) is 11.8 Å². The van der Waals surface area contributed by atoms with E-state index in [-0.39, 0.29) is 29.8 Å². The Bertz CT molecular complexity index is 953. The summed E-state index contributed by atoms with van der Waals surface area (Å²) < 4.78 is 28.1. The molecule has 1 heterocycles. The van der Waals surface area contributed by atoms with Crippen LogP contribution < -0.4 is 10.0 Å². The number of hydrogen-bond donors (Lipinski definition) is 4. The van der Waals surface area contributed by atoms with Gasteiger partial charge in [0.2, 0.25) is 21.8 Å². The number of piperidine rings is 1. The number of carbonyl (C=O) groups is 3. The third-order valence-electron chi connectivity index (χ3n) is 5.77. The summed E-state index contributed by atoms with van der Waals surface area (Å²) in [7, 11) is -3.90. The fourth-order valence-electron chi connectivity index (χ4n) is 3.64. The molecule has 0 bridgehead atoms. The molecule has 2 amide bonds. The first-order valence-electron chi connectivity index (χ1n) is 10.9. The van der Waals surface area contributed by atoms with Crippen LogP contribution in [0.4, 0.5) is 0 Å². The van der Waals surface area contributed by atoms with Crippen LogP contribution in [0, 0.1) is 18.8 Å². The van der Waals surface area contributed by atoms with Crippen LogP contribution in [0.2, 0.25) is 0 Å². The summed E-state index contributed by atoms with van der Waals surface area (Å²) in [6.45, 7) is 7.10. The van der Waals surface area contributed by atoms with Gasteiger partial charge >= 0.3 is 5.97 Å². The largest absolute Gasteiger partial charge is 0.480 e. The number of nitrogens with zero attached hydrogens (tertiary/aromatic N) is 1. The van der Waals surface area contributed by atoms with E-state index in [4.69, 9.17) is 5.11 Å². The van der Waals surface area contributed by atoms with Gasteiger partial charge in [0.1, 0.15) is 6.04 Å². The topological polar surface area (TPSA) is 153 Å². The normalized spacial score (nSPS) is 17.9. The molecule has 33 heavy (non-hydrogen) atoms. The van der Waals surface area contributed by atoms with Crippen molar-refractivity contribution in [2.45, 2.75) is 63.6 Å². The van der Waals surface area contributed by atoms with E-state index in [1.54, 1.807) is 26.0 Å². The lowest BCUT2D eigenvalue weighted by Gasteiger charge is -2.35.